The monoisotopic (exact) mass is 408 g/mol. The first-order chi connectivity index (χ1) is 14.6. The van der Waals surface area contributed by atoms with Crippen LogP contribution in [0.4, 0.5) is 0 Å². The standard InChI is InChI=1S/C23H24N2O5/c1-28-20-10-9-15(12-21(20)29-2)25-22(26)18-8-4-3-7-17(18)19(23(25)27)14-24-13-16-6-5-11-30-16/h3-4,7-10,12,14,16,27H,5-6,11,13H2,1-2H3/t16-/m0/s1. The third-order valence-corrected chi connectivity index (χ3v) is 5.28. The van der Waals surface area contributed by atoms with E-state index in [1.165, 1.54) is 11.7 Å². The van der Waals surface area contributed by atoms with Gasteiger partial charge in [0.15, 0.2) is 11.5 Å². The minimum atomic E-state index is -0.327. The van der Waals surface area contributed by atoms with Crippen molar-refractivity contribution in [2.45, 2.75) is 18.9 Å². The summed E-state index contributed by atoms with van der Waals surface area (Å²) in [6.45, 7) is 1.28. The molecule has 0 amide bonds. The molecule has 7 nitrogen and oxygen atoms in total. The number of ether oxygens (including phenoxy) is 3. The summed E-state index contributed by atoms with van der Waals surface area (Å²) in [6, 6.07) is 12.2. The highest BCUT2D eigenvalue weighted by molar-refractivity contribution is 6.01. The van der Waals surface area contributed by atoms with Crippen LogP contribution in [0.25, 0.3) is 16.5 Å². The summed E-state index contributed by atoms with van der Waals surface area (Å²) in [5.74, 6) is 0.818. The molecule has 0 bridgehead atoms. The summed E-state index contributed by atoms with van der Waals surface area (Å²) < 4.78 is 17.5. The Hall–Kier alpha value is -3.32. The molecule has 4 rings (SSSR count). The quantitative estimate of drug-likeness (QED) is 0.633. The SMILES string of the molecule is COc1ccc(-n2c(O)c(C=NC[C@@H]3CCCO3)c3ccccc3c2=O)cc1OC. The van der Waals surface area contributed by atoms with Gasteiger partial charge in [0.25, 0.3) is 5.56 Å². The maximum absolute atomic E-state index is 13.2. The normalized spacial score (nSPS) is 16.4. The molecule has 1 N–H and O–H groups in total. The van der Waals surface area contributed by atoms with Gasteiger partial charge in [-0.25, -0.2) is 4.57 Å². The molecule has 0 spiro atoms. The number of benzene rings is 2. The smallest absolute Gasteiger partial charge is 0.265 e. The zero-order valence-electron chi connectivity index (χ0n) is 17.0. The van der Waals surface area contributed by atoms with Gasteiger partial charge in [-0.3, -0.25) is 9.79 Å². The fraction of sp³-hybridized carbons (Fsp3) is 0.304. The van der Waals surface area contributed by atoms with Crippen molar-refractivity contribution >= 4 is 17.0 Å². The molecule has 30 heavy (non-hydrogen) atoms. The third-order valence-electron chi connectivity index (χ3n) is 5.28. The second-order valence-electron chi connectivity index (χ2n) is 7.09. The molecular weight excluding hydrogens is 384 g/mol. The largest absolute Gasteiger partial charge is 0.494 e. The second kappa shape index (κ2) is 8.59. The number of aromatic nitrogens is 1. The molecular formula is C23H24N2O5. The number of nitrogens with zero attached hydrogens (tertiary/aromatic N) is 2. The molecule has 0 radical (unpaired) electrons. The Morgan fingerprint density at radius 3 is 2.63 bits per heavy atom. The summed E-state index contributed by atoms with van der Waals surface area (Å²) in [6.07, 6.45) is 3.75. The van der Waals surface area contributed by atoms with E-state index >= 15 is 0 Å². The van der Waals surface area contributed by atoms with Gasteiger partial charge in [-0.15, -0.1) is 0 Å². The van der Waals surface area contributed by atoms with Crippen LogP contribution < -0.4 is 15.0 Å². The summed E-state index contributed by atoms with van der Waals surface area (Å²) >= 11 is 0. The highest BCUT2D eigenvalue weighted by Gasteiger charge is 2.18. The van der Waals surface area contributed by atoms with Crippen LogP contribution in [-0.4, -0.2) is 49.4 Å². The van der Waals surface area contributed by atoms with Gasteiger partial charge >= 0.3 is 0 Å². The summed E-state index contributed by atoms with van der Waals surface area (Å²) in [5.41, 5.74) is 0.624. The van der Waals surface area contributed by atoms with E-state index in [0.717, 1.165) is 19.4 Å². The number of hydrogen-bond acceptors (Lipinski definition) is 6. The van der Waals surface area contributed by atoms with Crippen LogP contribution in [0.2, 0.25) is 0 Å². The van der Waals surface area contributed by atoms with Crippen molar-refractivity contribution in [3.8, 4) is 23.1 Å². The lowest BCUT2D eigenvalue weighted by Gasteiger charge is -2.15. The summed E-state index contributed by atoms with van der Waals surface area (Å²) in [5, 5.41) is 12.2. The van der Waals surface area contributed by atoms with Crippen LogP contribution in [0.5, 0.6) is 17.4 Å². The van der Waals surface area contributed by atoms with Crippen LogP contribution in [0, 0.1) is 0 Å². The minimum Gasteiger partial charge on any atom is -0.494 e. The predicted octanol–water partition coefficient (Wildman–Crippen LogP) is 3.31. The third kappa shape index (κ3) is 3.64. The van der Waals surface area contributed by atoms with Gasteiger partial charge < -0.3 is 19.3 Å². The van der Waals surface area contributed by atoms with Crippen molar-refractivity contribution in [2.24, 2.45) is 4.99 Å². The zero-order valence-corrected chi connectivity index (χ0v) is 17.0. The number of fused-ring (bicyclic) bond motifs is 1. The Bertz CT molecular complexity index is 1150. The van der Waals surface area contributed by atoms with Crippen molar-refractivity contribution in [1.82, 2.24) is 4.57 Å². The molecule has 2 heterocycles. The van der Waals surface area contributed by atoms with E-state index in [-0.39, 0.29) is 17.5 Å². The molecule has 0 saturated carbocycles. The van der Waals surface area contributed by atoms with Crippen molar-refractivity contribution < 1.29 is 19.3 Å². The second-order valence-corrected chi connectivity index (χ2v) is 7.09. The van der Waals surface area contributed by atoms with Gasteiger partial charge in [0, 0.05) is 29.7 Å². The molecule has 1 fully saturated rings. The number of aromatic hydroxyl groups is 1. The molecule has 0 aliphatic carbocycles. The van der Waals surface area contributed by atoms with Crippen molar-refractivity contribution in [3.63, 3.8) is 0 Å². The van der Waals surface area contributed by atoms with Crippen LogP contribution >= 0.6 is 0 Å². The first-order valence-corrected chi connectivity index (χ1v) is 9.84. The van der Waals surface area contributed by atoms with E-state index in [1.807, 2.05) is 12.1 Å². The summed E-state index contributed by atoms with van der Waals surface area (Å²) in [4.78, 5) is 17.7. The Balaban J connectivity index is 1.86. The highest BCUT2D eigenvalue weighted by atomic mass is 16.5. The minimum absolute atomic E-state index is 0.103. The van der Waals surface area contributed by atoms with E-state index < -0.39 is 0 Å². The van der Waals surface area contributed by atoms with Crippen LogP contribution in [-0.2, 0) is 4.74 Å². The fourth-order valence-corrected chi connectivity index (χ4v) is 3.74. The number of methoxy groups -OCH3 is 2. The van der Waals surface area contributed by atoms with E-state index in [4.69, 9.17) is 14.2 Å². The van der Waals surface area contributed by atoms with Gasteiger partial charge in [0.2, 0.25) is 5.88 Å². The van der Waals surface area contributed by atoms with Crippen molar-refractivity contribution in [3.05, 3.63) is 58.4 Å². The zero-order chi connectivity index (χ0) is 21.1. The fourth-order valence-electron chi connectivity index (χ4n) is 3.74. The number of aliphatic imine (C=N–C) groups is 1. The lowest BCUT2D eigenvalue weighted by atomic mass is 10.1. The molecule has 1 aromatic heterocycles. The Kier molecular flexibility index (Phi) is 5.72. The molecule has 1 aliphatic heterocycles. The van der Waals surface area contributed by atoms with E-state index in [9.17, 15) is 9.90 Å². The molecule has 1 saturated heterocycles. The average molecular weight is 408 g/mol. The lowest BCUT2D eigenvalue weighted by Crippen LogP contribution is -2.20. The topological polar surface area (TPSA) is 82.3 Å². The van der Waals surface area contributed by atoms with Crippen LogP contribution in [0.15, 0.2) is 52.3 Å². The van der Waals surface area contributed by atoms with Crippen LogP contribution in [0.1, 0.15) is 18.4 Å². The van der Waals surface area contributed by atoms with Gasteiger partial charge in [0.05, 0.1) is 38.1 Å². The first-order valence-electron chi connectivity index (χ1n) is 9.84. The molecule has 0 unspecified atom stereocenters. The maximum atomic E-state index is 13.2. The van der Waals surface area contributed by atoms with Gasteiger partial charge in [0.1, 0.15) is 0 Å². The maximum Gasteiger partial charge on any atom is 0.265 e. The molecule has 1 atom stereocenters. The molecule has 7 heteroatoms. The molecule has 3 aromatic rings. The molecule has 156 valence electrons. The highest BCUT2D eigenvalue weighted by Crippen LogP contribution is 2.32. The lowest BCUT2D eigenvalue weighted by molar-refractivity contribution is 0.118. The van der Waals surface area contributed by atoms with Gasteiger partial charge in [-0.05, 0) is 31.0 Å². The molecule has 2 aromatic carbocycles. The average Bonchev–Trinajstić information content (AvgIpc) is 3.29. The van der Waals surface area contributed by atoms with Gasteiger partial charge in [-0.2, -0.15) is 0 Å². The van der Waals surface area contributed by atoms with E-state index in [1.54, 1.807) is 43.7 Å². The van der Waals surface area contributed by atoms with E-state index in [2.05, 4.69) is 4.99 Å². The Morgan fingerprint density at radius 1 is 1.17 bits per heavy atom. The van der Waals surface area contributed by atoms with Crippen molar-refractivity contribution in [2.75, 3.05) is 27.4 Å². The first kappa shape index (κ1) is 20.0. The predicted molar refractivity (Wildman–Crippen MR) is 116 cm³/mol. The number of hydrogen-bond donors (Lipinski definition) is 1. The van der Waals surface area contributed by atoms with Crippen LogP contribution in [0.3, 0.4) is 0 Å². The Morgan fingerprint density at radius 2 is 1.93 bits per heavy atom. The number of rotatable bonds is 6. The molecule has 1 aliphatic rings. The Labute approximate surface area is 174 Å². The van der Waals surface area contributed by atoms with Gasteiger partial charge in [-0.1, -0.05) is 18.2 Å². The number of pyridine rings is 1. The summed E-state index contributed by atoms with van der Waals surface area (Å²) in [7, 11) is 3.06. The van der Waals surface area contributed by atoms with E-state index in [0.29, 0.717) is 40.1 Å². The van der Waals surface area contributed by atoms with Crippen molar-refractivity contribution in [1.29, 1.82) is 0 Å².